The molecule has 0 bridgehead atoms. The third-order valence-electron chi connectivity index (χ3n) is 2.40. The van der Waals surface area contributed by atoms with Gasteiger partial charge in [-0.2, -0.15) is 5.10 Å². The third kappa shape index (κ3) is 2.56. The third-order valence-corrected chi connectivity index (χ3v) is 2.40. The van der Waals surface area contributed by atoms with Crippen molar-refractivity contribution in [1.29, 1.82) is 0 Å². The van der Waals surface area contributed by atoms with E-state index in [4.69, 9.17) is 5.73 Å². The molecule has 1 amide bonds. The molecule has 0 aromatic carbocycles. The average molecular weight is 210 g/mol. The van der Waals surface area contributed by atoms with Crippen LogP contribution in [-0.4, -0.2) is 22.1 Å². The second kappa shape index (κ2) is 4.44. The fraction of sp³-hybridized carbons (Fsp3) is 0.600. The smallest absolute Gasteiger partial charge is 0.241 e. The van der Waals surface area contributed by atoms with Crippen molar-refractivity contribution in [2.24, 2.45) is 11.7 Å². The topological polar surface area (TPSA) is 83.8 Å². The summed E-state index contributed by atoms with van der Waals surface area (Å²) in [7, 11) is 0. The highest BCUT2D eigenvalue weighted by molar-refractivity contribution is 5.95. The van der Waals surface area contributed by atoms with Crippen molar-refractivity contribution in [3.05, 3.63) is 11.4 Å². The van der Waals surface area contributed by atoms with Crippen molar-refractivity contribution < 1.29 is 4.79 Å². The molecule has 84 valence electrons. The molecule has 1 heterocycles. The first-order valence-electron chi connectivity index (χ1n) is 5.01. The Labute approximate surface area is 89.4 Å². The lowest BCUT2D eigenvalue weighted by molar-refractivity contribution is -0.118. The first kappa shape index (κ1) is 11.7. The minimum absolute atomic E-state index is 0.123. The molecule has 0 aliphatic heterocycles. The number of H-pyrrole nitrogens is 1. The fourth-order valence-corrected chi connectivity index (χ4v) is 1.24. The molecule has 0 saturated carbocycles. The summed E-state index contributed by atoms with van der Waals surface area (Å²) in [5, 5.41) is 9.58. The summed E-state index contributed by atoms with van der Waals surface area (Å²) in [6, 6.07) is -0.487. The summed E-state index contributed by atoms with van der Waals surface area (Å²) < 4.78 is 0. The van der Waals surface area contributed by atoms with E-state index >= 15 is 0 Å². The number of aryl methyl sites for hydroxylation is 2. The quantitative estimate of drug-likeness (QED) is 0.694. The van der Waals surface area contributed by atoms with Crippen LogP contribution in [0.4, 0.5) is 5.69 Å². The van der Waals surface area contributed by atoms with E-state index in [2.05, 4.69) is 15.5 Å². The van der Waals surface area contributed by atoms with Gasteiger partial charge in [-0.05, 0) is 19.8 Å². The molecule has 4 N–H and O–H groups in total. The predicted molar refractivity (Wildman–Crippen MR) is 59.5 cm³/mol. The Morgan fingerprint density at radius 2 is 2.07 bits per heavy atom. The van der Waals surface area contributed by atoms with Crippen LogP contribution in [0.25, 0.3) is 0 Å². The Hall–Kier alpha value is -1.36. The molecule has 0 spiro atoms. The lowest BCUT2D eigenvalue weighted by atomic mass is 10.0. The number of anilines is 1. The van der Waals surface area contributed by atoms with Crippen LogP contribution in [0, 0.1) is 19.8 Å². The number of carbonyl (C=O) groups is 1. The number of nitrogens with zero attached hydrogens (tertiary/aromatic N) is 1. The van der Waals surface area contributed by atoms with Gasteiger partial charge in [0.2, 0.25) is 5.91 Å². The molecule has 5 nitrogen and oxygen atoms in total. The van der Waals surface area contributed by atoms with Crippen LogP contribution >= 0.6 is 0 Å². The molecule has 1 rings (SSSR count). The Morgan fingerprint density at radius 3 is 2.47 bits per heavy atom. The summed E-state index contributed by atoms with van der Waals surface area (Å²) in [4.78, 5) is 11.7. The van der Waals surface area contributed by atoms with Gasteiger partial charge in [0, 0.05) is 0 Å². The van der Waals surface area contributed by atoms with E-state index in [9.17, 15) is 4.79 Å². The Morgan fingerprint density at radius 1 is 1.47 bits per heavy atom. The van der Waals surface area contributed by atoms with Crippen molar-refractivity contribution >= 4 is 11.6 Å². The van der Waals surface area contributed by atoms with Crippen LogP contribution in [-0.2, 0) is 4.79 Å². The van der Waals surface area contributed by atoms with Gasteiger partial charge in [-0.3, -0.25) is 9.89 Å². The maximum atomic E-state index is 11.7. The van der Waals surface area contributed by atoms with Gasteiger partial charge in [-0.1, -0.05) is 13.8 Å². The number of nitrogens with one attached hydrogen (secondary N) is 2. The van der Waals surface area contributed by atoms with E-state index in [1.54, 1.807) is 0 Å². The SMILES string of the molecule is Cc1n[nH]c(C)c1NC(=O)C(N)C(C)C. The Bertz CT molecular complexity index is 337. The Balaban J connectivity index is 2.75. The number of hydrogen-bond donors (Lipinski definition) is 3. The largest absolute Gasteiger partial charge is 0.322 e. The number of aromatic amines is 1. The molecule has 1 unspecified atom stereocenters. The second-order valence-corrected chi connectivity index (χ2v) is 4.07. The van der Waals surface area contributed by atoms with Crippen LogP contribution < -0.4 is 11.1 Å². The molecule has 0 radical (unpaired) electrons. The van der Waals surface area contributed by atoms with Crippen LogP contribution in [0.2, 0.25) is 0 Å². The van der Waals surface area contributed by atoms with Gasteiger partial charge < -0.3 is 11.1 Å². The van der Waals surface area contributed by atoms with Crippen LogP contribution in [0.5, 0.6) is 0 Å². The number of hydrogen-bond acceptors (Lipinski definition) is 3. The van der Waals surface area contributed by atoms with Gasteiger partial charge in [0.25, 0.3) is 0 Å². The average Bonchev–Trinajstić information content (AvgIpc) is 2.47. The zero-order chi connectivity index (χ0) is 11.6. The van der Waals surface area contributed by atoms with Gasteiger partial charge >= 0.3 is 0 Å². The van der Waals surface area contributed by atoms with Crippen molar-refractivity contribution in [3.63, 3.8) is 0 Å². The maximum absolute atomic E-state index is 11.7. The van der Waals surface area contributed by atoms with Gasteiger partial charge in [0.15, 0.2) is 0 Å². The molecule has 0 aliphatic rings. The number of nitrogens with two attached hydrogens (primary N) is 1. The van der Waals surface area contributed by atoms with Gasteiger partial charge in [-0.25, -0.2) is 0 Å². The molecule has 0 aliphatic carbocycles. The minimum atomic E-state index is -0.487. The van der Waals surface area contributed by atoms with Crippen LogP contribution in [0.1, 0.15) is 25.2 Å². The van der Waals surface area contributed by atoms with E-state index in [0.29, 0.717) is 0 Å². The normalized spacial score (nSPS) is 12.9. The molecule has 1 aromatic heterocycles. The lowest BCUT2D eigenvalue weighted by Gasteiger charge is -2.15. The molecule has 0 fully saturated rings. The minimum Gasteiger partial charge on any atom is -0.322 e. The first-order chi connectivity index (χ1) is 6.93. The molecular formula is C10H18N4O. The summed E-state index contributed by atoms with van der Waals surface area (Å²) in [5.41, 5.74) is 8.09. The standard InChI is InChI=1S/C10H18N4O/c1-5(2)8(11)10(15)12-9-6(3)13-14-7(9)4/h5,8H,11H2,1-4H3,(H,12,15)(H,13,14). The van der Waals surface area contributed by atoms with Crippen LogP contribution in [0.15, 0.2) is 0 Å². The summed E-state index contributed by atoms with van der Waals surface area (Å²) in [6.07, 6.45) is 0. The highest BCUT2D eigenvalue weighted by atomic mass is 16.2. The van der Waals surface area contributed by atoms with E-state index in [-0.39, 0.29) is 11.8 Å². The lowest BCUT2D eigenvalue weighted by Crippen LogP contribution is -2.39. The second-order valence-electron chi connectivity index (χ2n) is 4.07. The van der Waals surface area contributed by atoms with Crippen molar-refractivity contribution in [1.82, 2.24) is 10.2 Å². The predicted octanol–water partition coefficient (Wildman–Crippen LogP) is 0.948. The molecule has 0 saturated heterocycles. The van der Waals surface area contributed by atoms with Crippen molar-refractivity contribution in [3.8, 4) is 0 Å². The van der Waals surface area contributed by atoms with Gasteiger partial charge in [-0.15, -0.1) is 0 Å². The maximum Gasteiger partial charge on any atom is 0.241 e. The fourth-order valence-electron chi connectivity index (χ4n) is 1.24. The van der Waals surface area contributed by atoms with Crippen LogP contribution in [0.3, 0.4) is 0 Å². The highest BCUT2D eigenvalue weighted by Gasteiger charge is 2.19. The van der Waals surface area contributed by atoms with E-state index in [0.717, 1.165) is 17.1 Å². The zero-order valence-electron chi connectivity index (χ0n) is 9.59. The highest BCUT2D eigenvalue weighted by Crippen LogP contribution is 2.16. The summed E-state index contributed by atoms with van der Waals surface area (Å²) >= 11 is 0. The van der Waals surface area contributed by atoms with E-state index in [1.807, 2.05) is 27.7 Å². The molecule has 1 aromatic rings. The molecule has 15 heavy (non-hydrogen) atoms. The Kier molecular flexibility index (Phi) is 3.47. The van der Waals surface area contributed by atoms with Crippen molar-refractivity contribution in [2.45, 2.75) is 33.7 Å². The molecule has 1 atom stereocenters. The van der Waals surface area contributed by atoms with Gasteiger partial charge in [0.05, 0.1) is 23.1 Å². The molecule has 5 heteroatoms. The zero-order valence-corrected chi connectivity index (χ0v) is 9.59. The van der Waals surface area contributed by atoms with E-state index < -0.39 is 6.04 Å². The number of aromatic nitrogens is 2. The van der Waals surface area contributed by atoms with Crippen molar-refractivity contribution in [2.75, 3.05) is 5.32 Å². The summed E-state index contributed by atoms with van der Waals surface area (Å²) in [5.74, 6) is -0.0462. The monoisotopic (exact) mass is 210 g/mol. The van der Waals surface area contributed by atoms with Gasteiger partial charge in [0.1, 0.15) is 0 Å². The van der Waals surface area contributed by atoms with E-state index in [1.165, 1.54) is 0 Å². The number of carbonyl (C=O) groups excluding carboxylic acids is 1. The number of amides is 1. The molecular weight excluding hydrogens is 192 g/mol. The number of rotatable bonds is 3. The first-order valence-corrected chi connectivity index (χ1v) is 5.01. The summed E-state index contributed by atoms with van der Waals surface area (Å²) in [6.45, 7) is 7.52.